The Hall–Kier alpha value is -0.670. The second-order valence-corrected chi connectivity index (χ2v) is 4.25. The number of nitrogens with one attached hydrogen (secondary N) is 1. The van der Waals surface area contributed by atoms with Crippen molar-refractivity contribution in [2.24, 2.45) is 0 Å². The predicted octanol–water partition coefficient (Wildman–Crippen LogP) is 3.18. The van der Waals surface area contributed by atoms with Gasteiger partial charge in [0.1, 0.15) is 0 Å². The number of halogens is 3. The van der Waals surface area contributed by atoms with Gasteiger partial charge in [-0.15, -0.1) is 0 Å². The van der Waals surface area contributed by atoms with Crippen LogP contribution in [-0.2, 0) is 5.92 Å². The lowest BCUT2D eigenvalue weighted by Gasteiger charge is -2.18. The fourth-order valence-electron chi connectivity index (χ4n) is 1.41. The molecule has 1 fully saturated rings. The zero-order valence-corrected chi connectivity index (χ0v) is 8.90. The highest BCUT2D eigenvalue weighted by atomic mass is 35.5. The molecule has 1 aliphatic rings. The summed E-state index contributed by atoms with van der Waals surface area (Å²) in [5.41, 5.74) is -0.0974. The Labute approximate surface area is 92.4 Å². The van der Waals surface area contributed by atoms with Gasteiger partial charge in [-0.3, -0.25) is 0 Å². The van der Waals surface area contributed by atoms with Crippen molar-refractivity contribution in [3.05, 3.63) is 34.9 Å². The minimum atomic E-state index is -2.89. The normalized spacial score (nSPS) is 16.7. The summed E-state index contributed by atoms with van der Waals surface area (Å²) in [6, 6.07) is 6.36. The SMILES string of the molecule is FC(F)(CNC1CC1)c1ccccc1Cl. The molecule has 0 unspecified atom stereocenters. The van der Waals surface area contributed by atoms with Gasteiger partial charge in [0.25, 0.3) is 5.92 Å². The second-order valence-electron chi connectivity index (χ2n) is 3.84. The topological polar surface area (TPSA) is 12.0 Å². The first-order valence-corrected chi connectivity index (χ1v) is 5.33. The van der Waals surface area contributed by atoms with E-state index < -0.39 is 5.92 Å². The van der Waals surface area contributed by atoms with Crippen molar-refractivity contribution in [3.8, 4) is 0 Å². The van der Waals surface area contributed by atoms with Gasteiger partial charge in [-0.1, -0.05) is 29.8 Å². The van der Waals surface area contributed by atoms with Crippen LogP contribution in [0.4, 0.5) is 8.78 Å². The maximum absolute atomic E-state index is 13.7. The molecule has 15 heavy (non-hydrogen) atoms. The molecule has 0 spiro atoms. The molecule has 0 heterocycles. The van der Waals surface area contributed by atoms with Crippen LogP contribution in [0.2, 0.25) is 5.02 Å². The van der Waals surface area contributed by atoms with Crippen molar-refractivity contribution in [1.29, 1.82) is 0 Å². The molecule has 0 aliphatic heterocycles. The molecule has 0 atom stereocenters. The molecule has 1 nitrogen and oxygen atoms in total. The minimum absolute atomic E-state index is 0.0974. The summed E-state index contributed by atoms with van der Waals surface area (Å²) in [4.78, 5) is 0. The van der Waals surface area contributed by atoms with Crippen molar-refractivity contribution < 1.29 is 8.78 Å². The molecule has 82 valence electrons. The van der Waals surface area contributed by atoms with Gasteiger partial charge >= 0.3 is 0 Å². The molecule has 2 rings (SSSR count). The van der Waals surface area contributed by atoms with Crippen molar-refractivity contribution >= 4 is 11.6 Å². The van der Waals surface area contributed by atoms with Gasteiger partial charge in [0.05, 0.1) is 6.54 Å². The third-order valence-corrected chi connectivity index (χ3v) is 2.79. The lowest BCUT2D eigenvalue weighted by atomic mass is 10.1. The summed E-state index contributed by atoms with van der Waals surface area (Å²) in [6.45, 7) is -0.332. The Morgan fingerprint density at radius 3 is 2.60 bits per heavy atom. The van der Waals surface area contributed by atoms with Gasteiger partial charge in [0, 0.05) is 16.6 Å². The Morgan fingerprint density at radius 1 is 1.33 bits per heavy atom. The largest absolute Gasteiger partial charge is 0.308 e. The van der Waals surface area contributed by atoms with Crippen LogP contribution in [-0.4, -0.2) is 12.6 Å². The average Bonchev–Trinajstić information content (AvgIpc) is 2.99. The van der Waals surface area contributed by atoms with E-state index in [2.05, 4.69) is 5.32 Å². The quantitative estimate of drug-likeness (QED) is 0.839. The number of alkyl halides is 2. The molecule has 0 saturated heterocycles. The van der Waals surface area contributed by atoms with E-state index in [9.17, 15) is 8.78 Å². The number of benzene rings is 1. The lowest BCUT2D eigenvalue weighted by molar-refractivity contribution is -0.00337. The van der Waals surface area contributed by atoms with Gasteiger partial charge in [-0.2, -0.15) is 8.78 Å². The standard InChI is InChI=1S/C11H12ClF2N/c12-10-4-2-1-3-9(10)11(13,14)7-15-8-5-6-8/h1-4,8,15H,5-7H2. The van der Waals surface area contributed by atoms with Crippen molar-refractivity contribution in [3.63, 3.8) is 0 Å². The van der Waals surface area contributed by atoms with Gasteiger partial charge in [0.2, 0.25) is 0 Å². The van der Waals surface area contributed by atoms with Crippen LogP contribution in [0.25, 0.3) is 0 Å². The third-order valence-electron chi connectivity index (χ3n) is 2.46. The van der Waals surface area contributed by atoms with Crippen LogP contribution in [0.3, 0.4) is 0 Å². The molecule has 0 amide bonds. The first-order valence-electron chi connectivity index (χ1n) is 4.96. The van der Waals surface area contributed by atoms with E-state index in [0.29, 0.717) is 0 Å². The van der Waals surface area contributed by atoms with Crippen LogP contribution in [0.15, 0.2) is 24.3 Å². The molecule has 1 N–H and O–H groups in total. The first kappa shape index (κ1) is 10.8. The van der Waals surface area contributed by atoms with Gasteiger partial charge in [0.15, 0.2) is 0 Å². The smallest absolute Gasteiger partial charge is 0.286 e. The molecule has 1 aliphatic carbocycles. The molecule has 0 bridgehead atoms. The molecule has 1 aromatic carbocycles. The van der Waals surface area contributed by atoms with Gasteiger partial charge < -0.3 is 5.32 Å². The molecule has 0 aromatic heterocycles. The van der Waals surface area contributed by atoms with Crippen LogP contribution < -0.4 is 5.32 Å². The molecule has 1 aromatic rings. The summed E-state index contributed by atoms with van der Waals surface area (Å²) >= 11 is 5.73. The lowest BCUT2D eigenvalue weighted by Crippen LogP contribution is -2.32. The van der Waals surface area contributed by atoms with E-state index in [1.807, 2.05) is 0 Å². The summed E-state index contributed by atoms with van der Waals surface area (Å²) in [7, 11) is 0. The monoisotopic (exact) mass is 231 g/mol. The van der Waals surface area contributed by atoms with E-state index >= 15 is 0 Å². The summed E-state index contributed by atoms with van der Waals surface area (Å²) in [6.07, 6.45) is 2.00. The van der Waals surface area contributed by atoms with E-state index in [4.69, 9.17) is 11.6 Å². The minimum Gasteiger partial charge on any atom is -0.308 e. The Kier molecular flexibility index (Phi) is 2.94. The fourth-order valence-corrected chi connectivity index (χ4v) is 1.69. The van der Waals surface area contributed by atoms with E-state index in [1.165, 1.54) is 12.1 Å². The Bertz CT molecular complexity index is 350. The highest BCUT2D eigenvalue weighted by Gasteiger charge is 2.35. The van der Waals surface area contributed by atoms with Crippen molar-refractivity contribution in [2.45, 2.75) is 24.8 Å². The molecule has 0 radical (unpaired) electrons. The summed E-state index contributed by atoms with van der Waals surface area (Å²) in [5.74, 6) is -2.89. The molecular weight excluding hydrogens is 220 g/mol. The maximum Gasteiger partial charge on any atom is 0.286 e. The maximum atomic E-state index is 13.7. The Balaban J connectivity index is 2.08. The highest BCUT2D eigenvalue weighted by molar-refractivity contribution is 6.31. The predicted molar refractivity (Wildman–Crippen MR) is 56.4 cm³/mol. The zero-order chi connectivity index (χ0) is 10.9. The van der Waals surface area contributed by atoms with Gasteiger partial charge in [-0.05, 0) is 18.9 Å². The van der Waals surface area contributed by atoms with Crippen molar-refractivity contribution in [2.75, 3.05) is 6.54 Å². The van der Waals surface area contributed by atoms with E-state index in [0.717, 1.165) is 12.8 Å². The summed E-state index contributed by atoms with van der Waals surface area (Å²) < 4.78 is 27.3. The van der Waals surface area contributed by atoms with Crippen LogP contribution >= 0.6 is 11.6 Å². The van der Waals surface area contributed by atoms with Crippen molar-refractivity contribution in [1.82, 2.24) is 5.32 Å². The summed E-state index contributed by atoms with van der Waals surface area (Å²) in [5, 5.41) is 2.94. The average molecular weight is 232 g/mol. The number of hydrogen-bond acceptors (Lipinski definition) is 1. The van der Waals surface area contributed by atoms with Crippen LogP contribution in [0.1, 0.15) is 18.4 Å². The number of hydrogen-bond donors (Lipinski definition) is 1. The Morgan fingerprint density at radius 2 is 2.00 bits per heavy atom. The van der Waals surface area contributed by atoms with E-state index in [-0.39, 0.29) is 23.2 Å². The second kappa shape index (κ2) is 4.06. The molecule has 1 saturated carbocycles. The highest BCUT2D eigenvalue weighted by Crippen LogP contribution is 2.33. The fraction of sp³-hybridized carbons (Fsp3) is 0.455. The van der Waals surface area contributed by atoms with Crippen LogP contribution in [0, 0.1) is 0 Å². The van der Waals surface area contributed by atoms with Gasteiger partial charge in [-0.25, -0.2) is 0 Å². The van der Waals surface area contributed by atoms with E-state index in [1.54, 1.807) is 12.1 Å². The van der Waals surface area contributed by atoms with Crippen LogP contribution in [0.5, 0.6) is 0 Å². The molecule has 4 heteroatoms. The third kappa shape index (κ3) is 2.67. The first-order chi connectivity index (χ1) is 7.09. The molecular formula is C11H12ClF2N. The zero-order valence-electron chi connectivity index (χ0n) is 8.14. The number of rotatable bonds is 4.